The summed E-state index contributed by atoms with van der Waals surface area (Å²) in [4.78, 5) is 24.4. The van der Waals surface area contributed by atoms with Gasteiger partial charge in [-0.05, 0) is 56.0 Å². The Morgan fingerprint density at radius 2 is 1.62 bits per heavy atom. The summed E-state index contributed by atoms with van der Waals surface area (Å²) in [6, 6.07) is 13.0. The fraction of sp³-hybridized carbons (Fsp3) is 0.300. The molecule has 26 heavy (non-hydrogen) atoms. The number of hydrogen-bond donors (Lipinski definition) is 3. The van der Waals surface area contributed by atoms with Crippen molar-refractivity contribution in [1.29, 1.82) is 0 Å². The molecule has 0 heterocycles. The van der Waals surface area contributed by atoms with Crippen LogP contribution in [-0.2, 0) is 4.79 Å². The zero-order valence-corrected chi connectivity index (χ0v) is 14.8. The third-order valence-corrected chi connectivity index (χ3v) is 4.28. The van der Waals surface area contributed by atoms with Gasteiger partial charge in [0, 0.05) is 12.0 Å². The number of para-hydroxylation sites is 2. The van der Waals surface area contributed by atoms with Gasteiger partial charge in [0.1, 0.15) is 5.82 Å². The van der Waals surface area contributed by atoms with Crippen molar-refractivity contribution in [3.05, 3.63) is 59.9 Å². The van der Waals surface area contributed by atoms with Crippen LogP contribution >= 0.6 is 0 Å². The van der Waals surface area contributed by atoms with Gasteiger partial charge in [0.05, 0.1) is 11.4 Å². The van der Waals surface area contributed by atoms with E-state index in [-0.39, 0.29) is 35.6 Å². The van der Waals surface area contributed by atoms with Gasteiger partial charge in [-0.3, -0.25) is 4.79 Å². The van der Waals surface area contributed by atoms with Gasteiger partial charge in [-0.15, -0.1) is 0 Å². The Morgan fingerprint density at radius 3 is 2.23 bits per heavy atom. The maximum Gasteiger partial charge on any atom is 0.319 e. The minimum absolute atomic E-state index is 0.0136. The lowest BCUT2D eigenvalue weighted by Crippen LogP contribution is -2.34. The average molecular weight is 355 g/mol. The third kappa shape index (κ3) is 4.39. The van der Waals surface area contributed by atoms with Crippen LogP contribution in [0.5, 0.6) is 0 Å². The van der Waals surface area contributed by atoms with Crippen LogP contribution in [0.2, 0.25) is 0 Å². The van der Waals surface area contributed by atoms with E-state index in [0.29, 0.717) is 11.4 Å². The quantitative estimate of drug-likeness (QED) is 0.756. The molecular weight excluding hydrogens is 333 g/mol. The van der Waals surface area contributed by atoms with Crippen molar-refractivity contribution in [2.75, 3.05) is 10.6 Å². The van der Waals surface area contributed by atoms with Crippen molar-refractivity contribution in [1.82, 2.24) is 5.32 Å². The Hall–Kier alpha value is -2.89. The molecule has 0 saturated heterocycles. The first-order valence-electron chi connectivity index (χ1n) is 8.67. The maximum atomic E-state index is 13.0. The summed E-state index contributed by atoms with van der Waals surface area (Å²) in [5.41, 5.74) is 2.06. The molecule has 2 unspecified atom stereocenters. The number of anilines is 2. The Kier molecular flexibility index (Phi) is 5.21. The highest BCUT2D eigenvalue weighted by Gasteiger charge is 2.44. The van der Waals surface area contributed by atoms with Crippen LogP contribution in [0.1, 0.15) is 31.7 Å². The van der Waals surface area contributed by atoms with Crippen LogP contribution in [0.4, 0.5) is 20.6 Å². The Morgan fingerprint density at radius 1 is 1.00 bits per heavy atom. The first kappa shape index (κ1) is 17.9. The normalized spacial score (nSPS) is 18.3. The summed E-state index contributed by atoms with van der Waals surface area (Å²) in [5.74, 6) is -0.411. The summed E-state index contributed by atoms with van der Waals surface area (Å²) in [6.45, 7) is 3.74. The number of rotatable bonds is 5. The highest BCUT2D eigenvalue weighted by Crippen LogP contribution is 2.48. The zero-order valence-electron chi connectivity index (χ0n) is 14.8. The maximum absolute atomic E-state index is 13.0. The monoisotopic (exact) mass is 355 g/mol. The lowest BCUT2D eigenvalue weighted by Gasteiger charge is -2.14. The van der Waals surface area contributed by atoms with Crippen LogP contribution in [0, 0.1) is 11.7 Å². The average Bonchev–Trinajstić information content (AvgIpc) is 3.37. The molecule has 1 aliphatic rings. The van der Waals surface area contributed by atoms with Crippen molar-refractivity contribution < 1.29 is 14.0 Å². The van der Waals surface area contributed by atoms with Crippen molar-refractivity contribution >= 4 is 23.3 Å². The standard InChI is InChI=1S/C20H22FN3O2/c1-12(2)22-20(26)24-18-6-4-3-5-17(18)23-19(25)16-11-15(16)13-7-9-14(21)10-8-13/h3-10,12,15-16H,11H2,1-2H3,(H,23,25)(H2,22,24,26). The van der Waals surface area contributed by atoms with Gasteiger partial charge in [-0.2, -0.15) is 0 Å². The van der Waals surface area contributed by atoms with Crippen molar-refractivity contribution in [2.45, 2.75) is 32.2 Å². The highest BCUT2D eigenvalue weighted by molar-refractivity contribution is 6.01. The number of hydrogen-bond acceptors (Lipinski definition) is 2. The largest absolute Gasteiger partial charge is 0.336 e. The summed E-state index contributed by atoms with van der Waals surface area (Å²) in [7, 11) is 0. The van der Waals surface area contributed by atoms with Crippen LogP contribution in [-0.4, -0.2) is 18.0 Å². The molecule has 1 saturated carbocycles. The third-order valence-electron chi connectivity index (χ3n) is 4.28. The van der Waals surface area contributed by atoms with Crippen LogP contribution in [0.15, 0.2) is 48.5 Å². The van der Waals surface area contributed by atoms with Crippen molar-refractivity contribution in [3.63, 3.8) is 0 Å². The molecule has 2 atom stereocenters. The molecule has 0 spiro atoms. The summed E-state index contributed by atoms with van der Waals surface area (Å²) in [5, 5.41) is 8.38. The second-order valence-corrected chi connectivity index (χ2v) is 6.79. The molecule has 1 aliphatic carbocycles. The minimum Gasteiger partial charge on any atom is -0.336 e. The molecule has 3 rings (SSSR count). The SMILES string of the molecule is CC(C)NC(=O)Nc1ccccc1NC(=O)C1CC1c1ccc(F)cc1. The number of carbonyl (C=O) groups excluding carboxylic acids is 2. The number of carbonyl (C=O) groups is 2. The molecule has 1 fully saturated rings. The van der Waals surface area contributed by atoms with E-state index in [1.807, 2.05) is 13.8 Å². The van der Waals surface area contributed by atoms with Gasteiger partial charge in [0.2, 0.25) is 5.91 Å². The summed E-state index contributed by atoms with van der Waals surface area (Å²) >= 11 is 0. The van der Waals surface area contributed by atoms with Gasteiger partial charge < -0.3 is 16.0 Å². The van der Waals surface area contributed by atoms with Crippen LogP contribution < -0.4 is 16.0 Å². The Balaban J connectivity index is 1.63. The molecule has 136 valence electrons. The molecule has 0 aliphatic heterocycles. The molecule has 3 amide bonds. The van der Waals surface area contributed by atoms with E-state index in [1.165, 1.54) is 12.1 Å². The number of benzene rings is 2. The summed E-state index contributed by atoms with van der Waals surface area (Å²) < 4.78 is 13.0. The van der Waals surface area contributed by atoms with Gasteiger partial charge in [-0.1, -0.05) is 24.3 Å². The predicted molar refractivity (Wildman–Crippen MR) is 99.6 cm³/mol. The van der Waals surface area contributed by atoms with E-state index >= 15 is 0 Å². The molecule has 5 nitrogen and oxygen atoms in total. The summed E-state index contributed by atoms with van der Waals surface area (Å²) in [6.07, 6.45) is 0.737. The molecule has 6 heteroatoms. The first-order chi connectivity index (χ1) is 12.4. The van der Waals surface area contributed by atoms with E-state index in [9.17, 15) is 14.0 Å². The molecule has 0 aromatic heterocycles. The number of halogens is 1. The van der Waals surface area contributed by atoms with Gasteiger partial charge in [0.15, 0.2) is 0 Å². The van der Waals surface area contributed by atoms with E-state index in [0.717, 1.165) is 12.0 Å². The Labute approximate surface area is 152 Å². The molecule has 0 bridgehead atoms. The molecule has 2 aromatic rings. The zero-order chi connectivity index (χ0) is 18.7. The molecule has 3 N–H and O–H groups in total. The van der Waals surface area contributed by atoms with E-state index < -0.39 is 0 Å². The second kappa shape index (κ2) is 7.56. The second-order valence-electron chi connectivity index (χ2n) is 6.79. The highest BCUT2D eigenvalue weighted by atomic mass is 19.1. The van der Waals surface area contributed by atoms with Crippen molar-refractivity contribution in [3.8, 4) is 0 Å². The van der Waals surface area contributed by atoms with Gasteiger partial charge in [-0.25, -0.2) is 9.18 Å². The van der Waals surface area contributed by atoms with E-state index in [1.54, 1.807) is 36.4 Å². The lowest BCUT2D eigenvalue weighted by molar-refractivity contribution is -0.117. The topological polar surface area (TPSA) is 70.2 Å². The van der Waals surface area contributed by atoms with Crippen LogP contribution in [0.25, 0.3) is 0 Å². The van der Waals surface area contributed by atoms with E-state index in [2.05, 4.69) is 16.0 Å². The van der Waals surface area contributed by atoms with Crippen molar-refractivity contribution in [2.24, 2.45) is 5.92 Å². The molecule has 0 radical (unpaired) electrons. The van der Waals surface area contributed by atoms with Crippen LogP contribution in [0.3, 0.4) is 0 Å². The number of amides is 3. The lowest BCUT2D eigenvalue weighted by atomic mass is 10.1. The smallest absolute Gasteiger partial charge is 0.319 e. The first-order valence-corrected chi connectivity index (χ1v) is 8.67. The number of nitrogens with one attached hydrogen (secondary N) is 3. The Bertz CT molecular complexity index is 805. The van der Waals surface area contributed by atoms with Gasteiger partial charge in [0.25, 0.3) is 0 Å². The predicted octanol–water partition coefficient (Wildman–Crippen LogP) is 4.10. The van der Waals surface area contributed by atoms with Gasteiger partial charge >= 0.3 is 6.03 Å². The minimum atomic E-state index is -0.322. The number of urea groups is 1. The van der Waals surface area contributed by atoms with E-state index in [4.69, 9.17) is 0 Å². The molecule has 2 aromatic carbocycles. The fourth-order valence-electron chi connectivity index (χ4n) is 2.91. The molecular formula is C20H22FN3O2. The fourth-order valence-corrected chi connectivity index (χ4v) is 2.91.